The Morgan fingerprint density at radius 2 is 2.39 bits per heavy atom. The molecule has 1 heterocycles. The van der Waals surface area contributed by atoms with Gasteiger partial charge in [-0.3, -0.25) is 4.79 Å². The first kappa shape index (κ1) is 13.0. The Labute approximate surface area is 105 Å². The quantitative estimate of drug-likeness (QED) is 0.718. The van der Waals surface area contributed by atoms with Crippen LogP contribution in [-0.2, 0) is 11.2 Å². The monoisotopic (exact) mass is 252 g/mol. The largest absolute Gasteiger partial charge is 0.387 e. The van der Waals surface area contributed by atoms with Crippen LogP contribution >= 0.6 is 0 Å². The second kappa shape index (κ2) is 5.46. The highest BCUT2D eigenvalue weighted by Crippen LogP contribution is 2.12. The second-order valence-corrected chi connectivity index (χ2v) is 4.73. The van der Waals surface area contributed by atoms with Gasteiger partial charge in [0.1, 0.15) is 5.82 Å². The van der Waals surface area contributed by atoms with Gasteiger partial charge in [-0.2, -0.15) is 0 Å². The first-order chi connectivity index (χ1) is 8.57. The third-order valence-electron chi connectivity index (χ3n) is 3.09. The van der Waals surface area contributed by atoms with Crippen molar-refractivity contribution in [3.8, 4) is 0 Å². The van der Waals surface area contributed by atoms with Crippen molar-refractivity contribution in [3.05, 3.63) is 35.6 Å². The number of β-amino-alcohol motifs (C(OH)–C–C–N with tert-alkyl or cyclic N) is 1. The molecule has 2 rings (SSSR count). The molecule has 4 nitrogen and oxygen atoms in total. The van der Waals surface area contributed by atoms with E-state index in [0.717, 1.165) is 6.54 Å². The van der Waals surface area contributed by atoms with E-state index in [-0.39, 0.29) is 24.7 Å². The van der Waals surface area contributed by atoms with Crippen LogP contribution < -0.4 is 10.6 Å². The molecule has 18 heavy (non-hydrogen) atoms. The molecule has 5 heteroatoms. The summed E-state index contributed by atoms with van der Waals surface area (Å²) in [6.45, 7) is 1.48. The van der Waals surface area contributed by atoms with Crippen LogP contribution in [-0.4, -0.2) is 36.2 Å². The van der Waals surface area contributed by atoms with Crippen molar-refractivity contribution in [2.45, 2.75) is 18.4 Å². The Morgan fingerprint density at radius 3 is 3.06 bits per heavy atom. The first-order valence-corrected chi connectivity index (χ1v) is 6.02. The molecular weight excluding hydrogens is 235 g/mol. The van der Waals surface area contributed by atoms with Gasteiger partial charge in [-0.15, -0.1) is 0 Å². The number of rotatable bonds is 4. The number of nitrogens with one attached hydrogen (secondary N) is 2. The number of halogens is 1. The molecular formula is C13H17FN2O2. The van der Waals surface area contributed by atoms with Gasteiger partial charge in [0, 0.05) is 13.1 Å². The lowest BCUT2D eigenvalue weighted by Gasteiger charge is -2.21. The van der Waals surface area contributed by atoms with E-state index in [9.17, 15) is 14.3 Å². The molecule has 1 fully saturated rings. The SMILES string of the molecule is O=C(Cc1cccc(F)c1)NCC1(O)CCNC1. The summed E-state index contributed by atoms with van der Waals surface area (Å²) in [7, 11) is 0. The summed E-state index contributed by atoms with van der Waals surface area (Å²) in [5.41, 5.74) is -0.221. The van der Waals surface area contributed by atoms with Crippen molar-refractivity contribution in [1.82, 2.24) is 10.6 Å². The molecule has 0 radical (unpaired) electrons. The summed E-state index contributed by atoms with van der Waals surface area (Å²) >= 11 is 0. The standard InChI is InChI=1S/C13H17FN2O2/c14-11-3-1-2-10(6-11)7-12(17)16-9-13(18)4-5-15-8-13/h1-3,6,15,18H,4-5,7-9H2,(H,16,17). The van der Waals surface area contributed by atoms with Crippen LogP contribution in [0.15, 0.2) is 24.3 Å². The molecule has 1 amide bonds. The van der Waals surface area contributed by atoms with Gasteiger partial charge in [-0.05, 0) is 30.7 Å². The zero-order chi connectivity index (χ0) is 13.0. The van der Waals surface area contributed by atoms with Crippen molar-refractivity contribution in [1.29, 1.82) is 0 Å². The highest BCUT2D eigenvalue weighted by molar-refractivity contribution is 5.78. The van der Waals surface area contributed by atoms with Gasteiger partial charge in [-0.1, -0.05) is 12.1 Å². The molecule has 98 valence electrons. The second-order valence-electron chi connectivity index (χ2n) is 4.73. The summed E-state index contributed by atoms with van der Waals surface area (Å²) in [4.78, 5) is 11.7. The van der Waals surface area contributed by atoms with Crippen LogP contribution in [0.2, 0.25) is 0 Å². The van der Waals surface area contributed by atoms with Gasteiger partial charge in [0.25, 0.3) is 0 Å². The molecule has 0 spiro atoms. The maximum Gasteiger partial charge on any atom is 0.224 e. The van der Waals surface area contributed by atoms with Gasteiger partial charge < -0.3 is 15.7 Å². The summed E-state index contributed by atoms with van der Waals surface area (Å²) in [6, 6.07) is 5.96. The van der Waals surface area contributed by atoms with Crippen LogP contribution in [0.25, 0.3) is 0 Å². The normalized spacial score (nSPS) is 23.0. The fourth-order valence-electron chi connectivity index (χ4n) is 2.04. The number of carbonyl (C=O) groups excluding carboxylic acids is 1. The summed E-state index contributed by atoms with van der Waals surface area (Å²) in [5, 5.41) is 15.7. The molecule has 1 aromatic rings. The van der Waals surface area contributed by atoms with Crippen molar-refractivity contribution in [2.24, 2.45) is 0 Å². The van der Waals surface area contributed by atoms with E-state index >= 15 is 0 Å². The highest BCUT2D eigenvalue weighted by Gasteiger charge is 2.31. The van der Waals surface area contributed by atoms with Gasteiger partial charge in [0.15, 0.2) is 0 Å². The topological polar surface area (TPSA) is 61.4 Å². The highest BCUT2D eigenvalue weighted by atomic mass is 19.1. The van der Waals surface area contributed by atoms with E-state index < -0.39 is 5.60 Å². The molecule has 0 aliphatic carbocycles. The summed E-state index contributed by atoms with van der Waals surface area (Å²) in [6.07, 6.45) is 0.758. The van der Waals surface area contributed by atoms with Crippen LogP contribution in [0, 0.1) is 5.82 Å². The Balaban J connectivity index is 1.82. The van der Waals surface area contributed by atoms with Crippen LogP contribution in [0.3, 0.4) is 0 Å². The zero-order valence-corrected chi connectivity index (χ0v) is 10.1. The molecule has 0 aromatic heterocycles. The van der Waals surface area contributed by atoms with Crippen molar-refractivity contribution in [2.75, 3.05) is 19.6 Å². The fraction of sp³-hybridized carbons (Fsp3) is 0.462. The van der Waals surface area contributed by atoms with E-state index in [1.54, 1.807) is 12.1 Å². The van der Waals surface area contributed by atoms with E-state index in [1.165, 1.54) is 12.1 Å². The van der Waals surface area contributed by atoms with Crippen LogP contribution in [0.5, 0.6) is 0 Å². The Bertz CT molecular complexity index is 431. The number of hydrogen-bond donors (Lipinski definition) is 3. The van der Waals surface area contributed by atoms with Crippen LogP contribution in [0.4, 0.5) is 4.39 Å². The number of benzene rings is 1. The molecule has 1 aromatic carbocycles. The molecule has 1 aliphatic heterocycles. The lowest BCUT2D eigenvalue weighted by Crippen LogP contribution is -2.44. The summed E-state index contributed by atoms with van der Waals surface area (Å²) in [5.74, 6) is -0.556. The van der Waals surface area contributed by atoms with Crippen molar-refractivity contribution >= 4 is 5.91 Å². The Morgan fingerprint density at radius 1 is 1.56 bits per heavy atom. The predicted molar refractivity (Wildman–Crippen MR) is 65.6 cm³/mol. The van der Waals surface area contributed by atoms with E-state index in [2.05, 4.69) is 10.6 Å². The average Bonchev–Trinajstić information content (AvgIpc) is 2.74. The van der Waals surface area contributed by atoms with Gasteiger partial charge in [0.05, 0.1) is 12.0 Å². The smallest absolute Gasteiger partial charge is 0.224 e. The van der Waals surface area contributed by atoms with Gasteiger partial charge in [0.2, 0.25) is 5.91 Å². The molecule has 0 bridgehead atoms. The first-order valence-electron chi connectivity index (χ1n) is 6.02. The molecule has 1 saturated heterocycles. The lowest BCUT2D eigenvalue weighted by atomic mass is 10.0. The van der Waals surface area contributed by atoms with Gasteiger partial charge in [-0.25, -0.2) is 4.39 Å². The number of carbonyl (C=O) groups is 1. The maximum atomic E-state index is 12.9. The number of hydrogen-bond acceptors (Lipinski definition) is 3. The van der Waals surface area contributed by atoms with Crippen LogP contribution in [0.1, 0.15) is 12.0 Å². The molecule has 1 unspecified atom stereocenters. The van der Waals surface area contributed by atoms with Gasteiger partial charge >= 0.3 is 0 Å². The zero-order valence-electron chi connectivity index (χ0n) is 10.1. The Hall–Kier alpha value is -1.46. The predicted octanol–water partition coefficient (Wildman–Crippen LogP) is 0.209. The van der Waals surface area contributed by atoms with E-state index in [0.29, 0.717) is 18.5 Å². The molecule has 0 saturated carbocycles. The van der Waals surface area contributed by atoms with E-state index in [4.69, 9.17) is 0 Å². The minimum atomic E-state index is -0.850. The molecule has 3 N–H and O–H groups in total. The number of aliphatic hydroxyl groups is 1. The fourth-order valence-corrected chi connectivity index (χ4v) is 2.04. The van der Waals surface area contributed by atoms with Crippen molar-refractivity contribution in [3.63, 3.8) is 0 Å². The third kappa shape index (κ3) is 3.51. The third-order valence-corrected chi connectivity index (χ3v) is 3.09. The summed E-state index contributed by atoms with van der Waals surface area (Å²) < 4.78 is 12.9. The maximum absolute atomic E-state index is 12.9. The minimum absolute atomic E-state index is 0.126. The Kier molecular flexibility index (Phi) is 3.93. The number of amides is 1. The molecule has 1 aliphatic rings. The average molecular weight is 252 g/mol. The van der Waals surface area contributed by atoms with E-state index in [1.807, 2.05) is 0 Å². The van der Waals surface area contributed by atoms with Crippen molar-refractivity contribution < 1.29 is 14.3 Å². The minimum Gasteiger partial charge on any atom is -0.387 e. The lowest BCUT2D eigenvalue weighted by molar-refractivity contribution is -0.121. The molecule has 1 atom stereocenters.